The van der Waals surface area contributed by atoms with Gasteiger partial charge in [0.2, 0.25) is 5.91 Å². The molecule has 0 atom stereocenters. The largest absolute Gasteiger partial charge is 0.418 e. The number of amides is 1. The second-order valence-corrected chi connectivity index (χ2v) is 5.53. The third kappa shape index (κ3) is 6.35. The Balaban J connectivity index is 2.64. The highest BCUT2D eigenvalue weighted by atomic mass is 35.5. The van der Waals surface area contributed by atoms with Gasteiger partial charge in [-0.2, -0.15) is 13.2 Å². The van der Waals surface area contributed by atoms with Crippen LogP contribution in [-0.2, 0) is 11.0 Å². The van der Waals surface area contributed by atoms with E-state index in [0.717, 1.165) is 18.6 Å². The second kappa shape index (κ2) is 7.66. The lowest BCUT2D eigenvalue weighted by atomic mass is 10.1. The molecule has 0 aliphatic carbocycles. The zero-order valence-corrected chi connectivity index (χ0v) is 12.6. The van der Waals surface area contributed by atoms with Crippen molar-refractivity contribution in [1.29, 1.82) is 0 Å². The van der Waals surface area contributed by atoms with Gasteiger partial charge in [-0.05, 0) is 37.1 Å². The number of anilines is 1. The summed E-state index contributed by atoms with van der Waals surface area (Å²) in [5, 5.41) is 5.11. The number of nitrogens with one attached hydrogen (secondary N) is 2. The molecule has 1 rings (SSSR count). The Morgan fingerprint density at radius 3 is 2.57 bits per heavy atom. The monoisotopic (exact) mass is 322 g/mol. The van der Waals surface area contributed by atoms with Crippen molar-refractivity contribution >= 4 is 23.2 Å². The summed E-state index contributed by atoms with van der Waals surface area (Å²) in [6.45, 7) is 4.70. The predicted molar refractivity (Wildman–Crippen MR) is 77.4 cm³/mol. The quantitative estimate of drug-likeness (QED) is 0.779. The fourth-order valence-electron chi connectivity index (χ4n) is 1.65. The maximum atomic E-state index is 12.8. The summed E-state index contributed by atoms with van der Waals surface area (Å²) in [7, 11) is 0. The van der Waals surface area contributed by atoms with Crippen molar-refractivity contribution in [3.05, 3.63) is 28.8 Å². The molecule has 0 bridgehead atoms. The highest BCUT2D eigenvalue weighted by Gasteiger charge is 2.34. The molecule has 0 aromatic heterocycles. The minimum Gasteiger partial charge on any atom is -0.324 e. The van der Waals surface area contributed by atoms with Gasteiger partial charge in [-0.15, -0.1) is 0 Å². The number of hydrogen-bond acceptors (Lipinski definition) is 2. The fraction of sp³-hybridized carbons (Fsp3) is 0.500. The smallest absolute Gasteiger partial charge is 0.324 e. The SMILES string of the molecule is CC(C)CCNCC(=O)Nc1ccc(Cl)cc1C(F)(F)F. The van der Waals surface area contributed by atoms with E-state index in [9.17, 15) is 18.0 Å². The van der Waals surface area contributed by atoms with Crippen molar-refractivity contribution in [2.24, 2.45) is 5.92 Å². The molecule has 0 spiro atoms. The number of rotatable bonds is 6. The zero-order valence-electron chi connectivity index (χ0n) is 11.9. The van der Waals surface area contributed by atoms with Gasteiger partial charge in [0.05, 0.1) is 17.8 Å². The predicted octanol–water partition coefficient (Wildman–Crippen LogP) is 3.93. The molecule has 7 heteroatoms. The molecule has 118 valence electrons. The summed E-state index contributed by atoms with van der Waals surface area (Å²) in [5.74, 6) is -0.0276. The van der Waals surface area contributed by atoms with Crippen LogP contribution in [0.2, 0.25) is 5.02 Å². The summed E-state index contributed by atoms with van der Waals surface area (Å²) in [6.07, 6.45) is -3.68. The number of carbonyl (C=O) groups is 1. The lowest BCUT2D eigenvalue weighted by molar-refractivity contribution is -0.137. The first-order valence-electron chi connectivity index (χ1n) is 6.57. The Bertz CT molecular complexity index is 490. The summed E-state index contributed by atoms with van der Waals surface area (Å²) in [6, 6.07) is 3.25. The van der Waals surface area contributed by atoms with Crippen LogP contribution in [0.25, 0.3) is 0 Å². The van der Waals surface area contributed by atoms with E-state index in [-0.39, 0.29) is 17.3 Å². The number of hydrogen-bond donors (Lipinski definition) is 2. The van der Waals surface area contributed by atoms with Crippen molar-refractivity contribution in [1.82, 2.24) is 5.32 Å². The summed E-state index contributed by atoms with van der Waals surface area (Å²) >= 11 is 5.57. The Hall–Kier alpha value is -1.27. The molecular formula is C14H18ClF3N2O. The molecule has 0 unspecified atom stereocenters. The van der Waals surface area contributed by atoms with Gasteiger partial charge in [-0.3, -0.25) is 4.79 Å². The van der Waals surface area contributed by atoms with Crippen molar-refractivity contribution in [2.45, 2.75) is 26.4 Å². The van der Waals surface area contributed by atoms with E-state index in [4.69, 9.17) is 11.6 Å². The van der Waals surface area contributed by atoms with Crippen molar-refractivity contribution in [2.75, 3.05) is 18.4 Å². The number of carbonyl (C=O) groups excluding carboxylic acids is 1. The maximum absolute atomic E-state index is 12.8. The lowest BCUT2D eigenvalue weighted by Gasteiger charge is -2.14. The van der Waals surface area contributed by atoms with E-state index < -0.39 is 17.6 Å². The van der Waals surface area contributed by atoms with E-state index in [0.29, 0.717) is 12.5 Å². The van der Waals surface area contributed by atoms with E-state index >= 15 is 0 Å². The van der Waals surface area contributed by atoms with Crippen molar-refractivity contribution in [3.63, 3.8) is 0 Å². The summed E-state index contributed by atoms with van der Waals surface area (Å²) < 4.78 is 38.5. The Morgan fingerprint density at radius 2 is 2.00 bits per heavy atom. The van der Waals surface area contributed by atoms with Gasteiger partial charge in [-0.1, -0.05) is 25.4 Å². The number of alkyl halides is 3. The molecule has 1 aromatic carbocycles. The molecule has 21 heavy (non-hydrogen) atoms. The highest BCUT2D eigenvalue weighted by molar-refractivity contribution is 6.30. The van der Waals surface area contributed by atoms with Crippen LogP contribution in [0.15, 0.2) is 18.2 Å². The molecule has 0 saturated carbocycles. The molecule has 1 amide bonds. The Kier molecular flexibility index (Phi) is 6.48. The van der Waals surface area contributed by atoms with E-state index in [1.165, 1.54) is 6.07 Å². The number of benzene rings is 1. The van der Waals surface area contributed by atoms with E-state index in [2.05, 4.69) is 10.6 Å². The third-order valence-electron chi connectivity index (χ3n) is 2.75. The molecule has 2 N–H and O–H groups in total. The van der Waals surface area contributed by atoms with E-state index in [1.54, 1.807) is 0 Å². The van der Waals surface area contributed by atoms with Crippen LogP contribution in [0.5, 0.6) is 0 Å². The van der Waals surface area contributed by atoms with Crippen LogP contribution in [0.1, 0.15) is 25.8 Å². The zero-order chi connectivity index (χ0) is 16.0. The van der Waals surface area contributed by atoms with Crippen LogP contribution in [0.4, 0.5) is 18.9 Å². The summed E-state index contributed by atoms with van der Waals surface area (Å²) in [5.41, 5.74) is -1.24. The standard InChI is InChI=1S/C14H18ClF3N2O/c1-9(2)5-6-19-8-13(21)20-12-4-3-10(15)7-11(12)14(16,17)18/h3-4,7,9,19H,5-6,8H2,1-2H3,(H,20,21). The molecule has 0 fully saturated rings. The van der Waals surface area contributed by atoms with Crippen LogP contribution in [-0.4, -0.2) is 19.0 Å². The van der Waals surface area contributed by atoms with Crippen molar-refractivity contribution < 1.29 is 18.0 Å². The molecular weight excluding hydrogens is 305 g/mol. The average Bonchev–Trinajstić information content (AvgIpc) is 2.35. The van der Waals surface area contributed by atoms with Gasteiger partial charge in [0.1, 0.15) is 0 Å². The average molecular weight is 323 g/mol. The van der Waals surface area contributed by atoms with E-state index in [1.807, 2.05) is 13.8 Å². The number of halogens is 4. The second-order valence-electron chi connectivity index (χ2n) is 5.10. The molecule has 3 nitrogen and oxygen atoms in total. The molecule has 1 aromatic rings. The molecule has 0 heterocycles. The fourth-order valence-corrected chi connectivity index (χ4v) is 1.82. The van der Waals surface area contributed by atoms with Gasteiger partial charge in [-0.25, -0.2) is 0 Å². The van der Waals surface area contributed by atoms with Crippen molar-refractivity contribution in [3.8, 4) is 0 Å². The molecule has 0 radical (unpaired) electrons. The minimum atomic E-state index is -4.57. The van der Waals surface area contributed by atoms with Crippen LogP contribution in [0.3, 0.4) is 0 Å². The molecule has 0 aliphatic heterocycles. The highest BCUT2D eigenvalue weighted by Crippen LogP contribution is 2.36. The molecule has 0 saturated heterocycles. The summed E-state index contributed by atoms with van der Waals surface area (Å²) in [4.78, 5) is 11.6. The lowest BCUT2D eigenvalue weighted by Crippen LogP contribution is -2.30. The van der Waals surface area contributed by atoms with Gasteiger partial charge in [0.15, 0.2) is 0 Å². The van der Waals surface area contributed by atoms with Crippen LogP contribution < -0.4 is 10.6 Å². The first kappa shape index (κ1) is 17.8. The van der Waals surface area contributed by atoms with Crippen LogP contribution in [0, 0.1) is 5.92 Å². The third-order valence-corrected chi connectivity index (χ3v) is 2.98. The first-order chi connectivity index (χ1) is 9.70. The topological polar surface area (TPSA) is 41.1 Å². The Labute approximate surface area is 126 Å². The van der Waals surface area contributed by atoms with Gasteiger partial charge < -0.3 is 10.6 Å². The van der Waals surface area contributed by atoms with Gasteiger partial charge >= 0.3 is 6.18 Å². The van der Waals surface area contributed by atoms with Crippen LogP contribution >= 0.6 is 11.6 Å². The minimum absolute atomic E-state index is 0.0321. The van der Waals surface area contributed by atoms with Gasteiger partial charge in [0.25, 0.3) is 0 Å². The first-order valence-corrected chi connectivity index (χ1v) is 6.95. The maximum Gasteiger partial charge on any atom is 0.418 e. The normalized spacial score (nSPS) is 11.8. The van der Waals surface area contributed by atoms with Gasteiger partial charge in [0, 0.05) is 5.02 Å². The Morgan fingerprint density at radius 1 is 1.33 bits per heavy atom. The molecule has 0 aliphatic rings.